The first-order chi connectivity index (χ1) is 9.15. The minimum atomic E-state index is 0.286. The number of nitrogens with zero attached hydrogens (tertiary/aromatic N) is 1. The predicted octanol–water partition coefficient (Wildman–Crippen LogP) is 3.06. The van der Waals surface area contributed by atoms with E-state index in [1.807, 2.05) is 0 Å². The summed E-state index contributed by atoms with van der Waals surface area (Å²) in [5, 5.41) is 3.26. The Morgan fingerprint density at radius 2 is 1.79 bits per heavy atom. The highest BCUT2D eigenvalue weighted by Crippen LogP contribution is 2.24. The fraction of sp³-hybridized carbons (Fsp3) is 0.800. The van der Waals surface area contributed by atoms with Gasteiger partial charge < -0.3 is 5.32 Å². The average Bonchev–Trinajstić information content (AvgIpc) is 2.41. The molecule has 0 aromatic carbocycles. The molecular weight excluding hydrogens is 304 g/mol. The first kappa shape index (κ1) is 15.0. The van der Waals surface area contributed by atoms with Gasteiger partial charge in [-0.15, -0.1) is 0 Å². The van der Waals surface area contributed by atoms with Gasteiger partial charge in [-0.05, 0) is 25.7 Å². The number of amides is 1. The molecule has 3 nitrogen and oxygen atoms in total. The summed E-state index contributed by atoms with van der Waals surface area (Å²) in [6.07, 6.45) is 8.08. The Morgan fingerprint density at radius 1 is 1.16 bits per heavy atom. The van der Waals surface area contributed by atoms with E-state index in [2.05, 4.69) is 32.7 Å². The van der Waals surface area contributed by atoms with Gasteiger partial charge in [0.15, 0.2) is 0 Å². The summed E-state index contributed by atoms with van der Waals surface area (Å²) < 4.78 is 1.04. The lowest BCUT2D eigenvalue weighted by atomic mass is 9.88. The minimum Gasteiger partial charge on any atom is -0.353 e. The third-order valence-electron chi connectivity index (χ3n) is 4.31. The Labute approximate surface area is 124 Å². The molecule has 0 atom stereocenters. The highest BCUT2D eigenvalue weighted by molar-refractivity contribution is 9.11. The molecule has 2 rings (SSSR count). The van der Waals surface area contributed by atoms with Gasteiger partial charge in [0, 0.05) is 36.1 Å². The summed E-state index contributed by atoms with van der Waals surface area (Å²) in [6.45, 7) is 6.91. The minimum absolute atomic E-state index is 0.286. The van der Waals surface area contributed by atoms with Gasteiger partial charge in [0.2, 0.25) is 5.91 Å². The van der Waals surface area contributed by atoms with Gasteiger partial charge in [0.05, 0.1) is 0 Å². The van der Waals surface area contributed by atoms with Crippen molar-refractivity contribution in [2.24, 2.45) is 5.92 Å². The maximum atomic E-state index is 12.2. The summed E-state index contributed by atoms with van der Waals surface area (Å²) in [6, 6.07) is 0.384. The molecule has 19 heavy (non-hydrogen) atoms. The van der Waals surface area contributed by atoms with Crippen LogP contribution in [0.1, 0.15) is 44.9 Å². The monoisotopic (exact) mass is 328 g/mol. The van der Waals surface area contributed by atoms with Crippen LogP contribution in [0.5, 0.6) is 0 Å². The molecular formula is C15H25BrN2O. The van der Waals surface area contributed by atoms with E-state index in [0.29, 0.717) is 11.9 Å². The number of halogens is 1. The maximum Gasteiger partial charge on any atom is 0.223 e. The average molecular weight is 329 g/mol. The Hall–Kier alpha value is -0.350. The summed E-state index contributed by atoms with van der Waals surface area (Å²) in [4.78, 5) is 14.6. The molecule has 108 valence electrons. The first-order valence-electron chi connectivity index (χ1n) is 7.51. The maximum absolute atomic E-state index is 12.2. The molecule has 1 saturated carbocycles. The SMILES string of the molecule is C=C(Br)CN1CCC(NC(=O)C2CCCCC2)CC1. The molecule has 4 heteroatoms. The lowest BCUT2D eigenvalue weighted by molar-refractivity contribution is -0.127. The van der Waals surface area contributed by atoms with Gasteiger partial charge >= 0.3 is 0 Å². The van der Waals surface area contributed by atoms with Crippen molar-refractivity contribution in [3.8, 4) is 0 Å². The molecule has 0 radical (unpaired) electrons. The topological polar surface area (TPSA) is 32.3 Å². The van der Waals surface area contributed by atoms with Crippen LogP contribution < -0.4 is 5.32 Å². The fourth-order valence-electron chi connectivity index (χ4n) is 3.16. The van der Waals surface area contributed by atoms with E-state index in [0.717, 1.165) is 49.8 Å². The van der Waals surface area contributed by atoms with E-state index < -0.39 is 0 Å². The van der Waals surface area contributed by atoms with Crippen LogP contribution in [0.4, 0.5) is 0 Å². The van der Waals surface area contributed by atoms with Crippen LogP contribution in [-0.2, 0) is 4.79 Å². The van der Waals surface area contributed by atoms with E-state index in [9.17, 15) is 4.79 Å². The summed E-state index contributed by atoms with van der Waals surface area (Å²) in [7, 11) is 0. The molecule has 0 bridgehead atoms. The van der Waals surface area contributed by atoms with E-state index in [-0.39, 0.29) is 5.92 Å². The van der Waals surface area contributed by atoms with Crippen LogP contribution >= 0.6 is 15.9 Å². The van der Waals surface area contributed by atoms with Gasteiger partial charge in [0.25, 0.3) is 0 Å². The normalized spacial score (nSPS) is 23.2. The van der Waals surface area contributed by atoms with Gasteiger partial charge in [-0.1, -0.05) is 41.8 Å². The van der Waals surface area contributed by atoms with Crippen molar-refractivity contribution in [1.29, 1.82) is 0 Å². The van der Waals surface area contributed by atoms with Crippen molar-refractivity contribution in [2.75, 3.05) is 19.6 Å². The van der Waals surface area contributed by atoms with Crippen LogP contribution in [0.2, 0.25) is 0 Å². The van der Waals surface area contributed by atoms with Gasteiger partial charge in [-0.25, -0.2) is 0 Å². The molecule has 0 aromatic heterocycles. The van der Waals surface area contributed by atoms with Crippen molar-refractivity contribution in [3.05, 3.63) is 11.1 Å². The number of nitrogens with one attached hydrogen (secondary N) is 1. The summed E-state index contributed by atoms with van der Waals surface area (Å²) in [5.41, 5.74) is 0. The van der Waals surface area contributed by atoms with Crippen molar-refractivity contribution in [3.63, 3.8) is 0 Å². The lowest BCUT2D eigenvalue weighted by Crippen LogP contribution is -2.46. The molecule has 2 fully saturated rings. The predicted molar refractivity (Wildman–Crippen MR) is 82.2 cm³/mol. The molecule has 0 aromatic rings. The molecule has 1 saturated heterocycles. The largest absolute Gasteiger partial charge is 0.353 e. The van der Waals surface area contributed by atoms with Crippen LogP contribution in [0, 0.1) is 5.92 Å². The molecule has 0 unspecified atom stereocenters. The van der Waals surface area contributed by atoms with E-state index in [1.54, 1.807) is 0 Å². The highest BCUT2D eigenvalue weighted by Gasteiger charge is 2.25. The Kier molecular flexibility index (Phi) is 5.89. The number of rotatable bonds is 4. The lowest BCUT2D eigenvalue weighted by Gasteiger charge is -2.33. The van der Waals surface area contributed by atoms with E-state index in [1.165, 1.54) is 19.3 Å². The van der Waals surface area contributed by atoms with Crippen LogP contribution in [-0.4, -0.2) is 36.5 Å². The summed E-state index contributed by atoms with van der Waals surface area (Å²) >= 11 is 3.41. The molecule has 1 N–H and O–H groups in total. The van der Waals surface area contributed by atoms with Crippen LogP contribution in [0.15, 0.2) is 11.1 Å². The van der Waals surface area contributed by atoms with Crippen LogP contribution in [0.3, 0.4) is 0 Å². The number of hydrogen-bond acceptors (Lipinski definition) is 2. The number of carbonyl (C=O) groups is 1. The van der Waals surface area contributed by atoms with Crippen molar-refractivity contribution in [2.45, 2.75) is 51.0 Å². The molecule has 2 aliphatic rings. The van der Waals surface area contributed by atoms with Crippen LogP contribution in [0.25, 0.3) is 0 Å². The molecule has 1 aliphatic carbocycles. The van der Waals surface area contributed by atoms with E-state index >= 15 is 0 Å². The number of likely N-dealkylation sites (tertiary alicyclic amines) is 1. The Morgan fingerprint density at radius 3 is 2.37 bits per heavy atom. The van der Waals surface area contributed by atoms with Gasteiger partial charge in [-0.3, -0.25) is 9.69 Å². The molecule has 1 aliphatic heterocycles. The Balaban J connectivity index is 1.69. The molecule has 0 spiro atoms. The first-order valence-corrected chi connectivity index (χ1v) is 8.30. The fourth-order valence-corrected chi connectivity index (χ4v) is 3.52. The summed E-state index contributed by atoms with van der Waals surface area (Å²) in [5.74, 6) is 0.595. The third kappa shape index (κ3) is 4.92. The van der Waals surface area contributed by atoms with Crippen molar-refractivity contribution in [1.82, 2.24) is 10.2 Å². The number of carbonyl (C=O) groups excluding carboxylic acids is 1. The Bertz CT molecular complexity index is 318. The number of hydrogen-bond donors (Lipinski definition) is 1. The molecule has 1 amide bonds. The second-order valence-electron chi connectivity index (χ2n) is 5.91. The zero-order valence-corrected chi connectivity index (χ0v) is 13.3. The van der Waals surface area contributed by atoms with Gasteiger partial charge in [0.1, 0.15) is 0 Å². The molecule has 1 heterocycles. The third-order valence-corrected chi connectivity index (χ3v) is 4.56. The second kappa shape index (κ2) is 7.44. The van der Waals surface area contributed by atoms with Crippen molar-refractivity contribution >= 4 is 21.8 Å². The van der Waals surface area contributed by atoms with E-state index in [4.69, 9.17) is 0 Å². The van der Waals surface area contributed by atoms with Crippen molar-refractivity contribution < 1.29 is 4.79 Å². The highest BCUT2D eigenvalue weighted by atomic mass is 79.9. The quantitative estimate of drug-likeness (QED) is 0.860. The standard InChI is InChI=1S/C15H25BrN2O/c1-12(16)11-18-9-7-14(8-10-18)17-15(19)13-5-3-2-4-6-13/h13-14H,1-11H2,(H,17,19). The zero-order valence-electron chi connectivity index (χ0n) is 11.7. The zero-order chi connectivity index (χ0) is 13.7. The smallest absolute Gasteiger partial charge is 0.223 e. The van der Waals surface area contributed by atoms with Gasteiger partial charge in [-0.2, -0.15) is 0 Å². The number of piperidine rings is 1. The second-order valence-corrected chi connectivity index (χ2v) is 7.03.